The monoisotopic (exact) mass is 295 g/mol. The summed E-state index contributed by atoms with van der Waals surface area (Å²) in [5.41, 5.74) is 1.29. The van der Waals surface area contributed by atoms with Crippen molar-refractivity contribution in [2.75, 3.05) is 0 Å². The van der Waals surface area contributed by atoms with Crippen molar-refractivity contribution in [2.45, 2.75) is 16.3 Å². The highest BCUT2D eigenvalue weighted by atomic mass is 35.5. The number of carbonyl (C=O) groups excluding carboxylic acids is 1. The smallest absolute Gasteiger partial charge is 0.163 e. The molecule has 0 aliphatic carbocycles. The molecule has 0 fully saturated rings. The summed E-state index contributed by atoms with van der Waals surface area (Å²) in [4.78, 5) is 19.4. The van der Waals surface area contributed by atoms with Crippen LogP contribution in [0.1, 0.15) is 20.9 Å². The van der Waals surface area contributed by atoms with Crippen LogP contribution in [0.5, 0.6) is 0 Å². The quantitative estimate of drug-likeness (QED) is 0.813. The summed E-state index contributed by atoms with van der Waals surface area (Å²) in [6, 6.07) is 5.55. The van der Waals surface area contributed by atoms with Crippen LogP contribution in [0.2, 0.25) is 5.15 Å². The number of aryl methyl sites for hydroxylation is 1. The van der Waals surface area contributed by atoms with Crippen LogP contribution in [-0.4, -0.2) is 16.3 Å². The molecule has 0 atom stereocenters. The summed E-state index contributed by atoms with van der Waals surface area (Å²) in [7, 11) is 0. The molecule has 0 radical (unpaired) electrons. The van der Waals surface area contributed by atoms with E-state index in [4.69, 9.17) is 16.9 Å². The van der Waals surface area contributed by atoms with Gasteiger partial charge < -0.3 is 0 Å². The molecule has 2 rings (SSSR count). The normalized spacial score (nSPS) is 10.1. The summed E-state index contributed by atoms with van der Waals surface area (Å²) >= 11 is 8.20. The van der Waals surface area contributed by atoms with E-state index in [-0.39, 0.29) is 5.15 Å². The lowest BCUT2D eigenvalue weighted by molar-refractivity contribution is 0.112. The molecule has 0 amide bonds. The molecular formula is C11H6ClN3OS2. The van der Waals surface area contributed by atoms with Gasteiger partial charge in [0.1, 0.15) is 16.0 Å². The number of hydrogen-bond acceptors (Lipinski definition) is 6. The molecule has 0 N–H and O–H groups in total. The average Bonchev–Trinajstić information content (AvgIpc) is 2.70. The van der Waals surface area contributed by atoms with Gasteiger partial charge in [0.25, 0.3) is 0 Å². The van der Waals surface area contributed by atoms with E-state index in [0.717, 1.165) is 5.69 Å². The zero-order valence-electron chi connectivity index (χ0n) is 9.18. The summed E-state index contributed by atoms with van der Waals surface area (Å²) in [6.07, 6.45) is 0.666. The molecule has 2 aromatic heterocycles. The molecule has 4 nitrogen and oxygen atoms in total. The highest BCUT2D eigenvalue weighted by molar-refractivity contribution is 8.01. The Labute approximate surface area is 117 Å². The molecule has 0 bridgehead atoms. The van der Waals surface area contributed by atoms with E-state index < -0.39 is 0 Å². The fraction of sp³-hybridized carbons (Fsp3) is 0.0909. The van der Waals surface area contributed by atoms with Gasteiger partial charge in [0.2, 0.25) is 0 Å². The third-order valence-electron chi connectivity index (χ3n) is 2.00. The van der Waals surface area contributed by atoms with Gasteiger partial charge in [-0.15, -0.1) is 11.3 Å². The van der Waals surface area contributed by atoms with Crippen molar-refractivity contribution in [3.05, 3.63) is 33.4 Å². The first-order valence-electron chi connectivity index (χ1n) is 4.81. The topological polar surface area (TPSA) is 66.6 Å². The maximum atomic E-state index is 10.7. The maximum Gasteiger partial charge on any atom is 0.163 e. The molecule has 0 spiro atoms. The van der Waals surface area contributed by atoms with Crippen LogP contribution in [0, 0.1) is 18.3 Å². The lowest BCUT2D eigenvalue weighted by atomic mass is 10.3. The third-order valence-corrected chi connectivity index (χ3v) is 4.45. The van der Waals surface area contributed by atoms with Crippen molar-refractivity contribution < 1.29 is 4.79 Å². The second-order valence-electron chi connectivity index (χ2n) is 3.27. The number of hydrogen-bond donors (Lipinski definition) is 0. The van der Waals surface area contributed by atoms with Gasteiger partial charge in [-0.3, -0.25) is 4.79 Å². The predicted molar refractivity (Wildman–Crippen MR) is 70.3 cm³/mol. The van der Waals surface area contributed by atoms with Crippen LogP contribution < -0.4 is 0 Å². The summed E-state index contributed by atoms with van der Waals surface area (Å²) in [5.74, 6) is 0. The first-order valence-corrected chi connectivity index (χ1v) is 6.82. The van der Waals surface area contributed by atoms with Crippen molar-refractivity contribution in [3.8, 4) is 6.07 Å². The number of aromatic nitrogens is 2. The highest BCUT2D eigenvalue weighted by Gasteiger charge is 2.13. The minimum atomic E-state index is 0.184. The Hall–Kier alpha value is -1.42. The van der Waals surface area contributed by atoms with E-state index in [2.05, 4.69) is 16.0 Å². The van der Waals surface area contributed by atoms with Crippen molar-refractivity contribution in [1.29, 1.82) is 5.26 Å². The van der Waals surface area contributed by atoms with Crippen LogP contribution in [-0.2, 0) is 0 Å². The van der Waals surface area contributed by atoms with Gasteiger partial charge >= 0.3 is 0 Å². The Balaban J connectivity index is 2.36. The number of nitrogens with zero attached hydrogens (tertiary/aromatic N) is 3. The highest BCUT2D eigenvalue weighted by Crippen LogP contribution is 2.34. The second-order valence-corrected chi connectivity index (χ2v) is 5.90. The Morgan fingerprint density at radius 1 is 1.50 bits per heavy atom. The molecule has 0 aliphatic rings. The zero-order chi connectivity index (χ0) is 13.1. The van der Waals surface area contributed by atoms with E-state index in [0.29, 0.717) is 26.1 Å². The fourth-order valence-electron chi connectivity index (χ4n) is 1.19. The number of rotatable bonds is 3. The molecule has 0 saturated heterocycles. The lowest BCUT2D eigenvalue weighted by Gasteiger charge is -2.00. The minimum absolute atomic E-state index is 0.184. The number of thiazole rings is 1. The number of pyridine rings is 1. The zero-order valence-corrected chi connectivity index (χ0v) is 11.6. The Kier molecular flexibility index (Phi) is 3.97. The summed E-state index contributed by atoms with van der Waals surface area (Å²) < 4.78 is 0.594. The number of carbonyl (C=O) groups is 1. The van der Waals surface area contributed by atoms with Crippen molar-refractivity contribution >= 4 is 41.0 Å². The molecule has 7 heteroatoms. The van der Waals surface area contributed by atoms with E-state index >= 15 is 0 Å². The predicted octanol–water partition coefficient (Wildman–Crippen LogP) is 3.34. The number of aldehydes is 1. The standard InChI is InChI=1S/C11H6ClN3OS2/c1-6-2-3-7(4-13)10(14-6)18-11-15-9(12)8(5-16)17-11/h2-3,5H,1H3. The van der Waals surface area contributed by atoms with Crippen LogP contribution in [0.4, 0.5) is 0 Å². The van der Waals surface area contributed by atoms with E-state index in [9.17, 15) is 4.79 Å². The first-order chi connectivity index (χ1) is 8.63. The van der Waals surface area contributed by atoms with Crippen LogP contribution in [0.3, 0.4) is 0 Å². The van der Waals surface area contributed by atoms with Crippen molar-refractivity contribution in [1.82, 2.24) is 9.97 Å². The van der Waals surface area contributed by atoms with Gasteiger partial charge in [-0.2, -0.15) is 5.26 Å². The van der Waals surface area contributed by atoms with Crippen LogP contribution in [0.25, 0.3) is 0 Å². The third kappa shape index (κ3) is 2.70. The van der Waals surface area contributed by atoms with Gasteiger partial charge in [0.15, 0.2) is 15.8 Å². The van der Waals surface area contributed by atoms with Crippen LogP contribution >= 0.6 is 34.7 Å². The molecule has 18 heavy (non-hydrogen) atoms. The Morgan fingerprint density at radius 3 is 2.89 bits per heavy atom. The molecule has 0 aliphatic heterocycles. The number of halogens is 1. The molecule has 0 aromatic carbocycles. The first kappa shape index (κ1) is 13.0. The van der Waals surface area contributed by atoms with E-state index in [1.807, 2.05) is 6.92 Å². The van der Waals surface area contributed by atoms with Gasteiger partial charge in [0.05, 0.1) is 5.56 Å². The minimum Gasteiger partial charge on any atom is -0.297 e. The molecule has 2 heterocycles. The average molecular weight is 296 g/mol. The Bertz CT molecular complexity index is 648. The SMILES string of the molecule is Cc1ccc(C#N)c(Sc2nc(Cl)c(C=O)s2)n1. The summed E-state index contributed by atoms with van der Waals surface area (Å²) in [5, 5.41) is 9.74. The lowest BCUT2D eigenvalue weighted by Crippen LogP contribution is -1.89. The molecule has 90 valence electrons. The Morgan fingerprint density at radius 2 is 2.28 bits per heavy atom. The molecule has 0 saturated carbocycles. The van der Waals surface area contributed by atoms with Gasteiger partial charge in [-0.05, 0) is 30.8 Å². The van der Waals surface area contributed by atoms with Crippen molar-refractivity contribution in [3.63, 3.8) is 0 Å². The number of nitriles is 1. The largest absolute Gasteiger partial charge is 0.297 e. The molecule has 0 unspecified atom stereocenters. The molecule has 2 aromatic rings. The maximum absolute atomic E-state index is 10.7. The fourth-order valence-corrected chi connectivity index (χ4v) is 3.43. The van der Waals surface area contributed by atoms with Gasteiger partial charge in [-0.1, -0.05) is 11.6 Å². The van der Waals surface area contributed by atoms with E-state index in [1.54, 1.807) is 12.1 Å². The van der Waals surface area contributed by atoms with Crippen molar-refractivity contribution in [2.24, 2.45) is 0 Å². The second kappa shape index (κ2) is 5.48. The van der Waals surface area contributed by atoms with Gasteiger partial charge in [-0.25, -0.2) is 9.97 Å². The summed E-state index contributed by atoms with van der Waals surface area (Å²) in [6.45, 7) is 1.84. The van der Waals surface area contributed by atoms with Gasteiger partial charge in [0, 0.05) is 5.69 Å². The molecular weight excluding hydrogens is 290 g/mol. The van der Waals surface area contributed by atoms with Crippen LogP contribution in [0.15, 0.2) is 21.5 Å². The van der Waals surface area contributed by atoms with E-state index in [1.165, 1.54) is 23.1 Å².